The highest BCUT2D eigenvalue weighted by atomic mass is 32.2. The van der Waals surface area contributed by atoms with Crippen LogP contribution in [0.4, 0.5) is 5.69 Å². The number of rotatable bonds is 6. The van der Waals surface area contributed by atoms with Gasteiger partial charge in [-0.05, 0) is 49.1 Å². The number of anilines is 1. The number of aryl methyl sites for hydroxylation is 1. The van der Waals surface area contributed by atoms with Gasteiger partial charge >= 0.3 is 0 Å². The number of carbonyl (C=O) groups excluding carboxylic acids is 1. The van der Waals surface area contributed by atoms with Gasteiger partial charge in [-0.25, -0.2) is 8.42 Å². The number of aromatic nitrogens is 1. The molecule has 1 amide bonds. The molecule has 2 aromatic rings. The first kappa shape index (κ1) is 19.5. The summed E-state index contributed by atoms with van der Waals surface area (Å²) in [4.78, 5) is 12.5. The summed E-state index contributed by atoms with van der Waals surface area (Å²) >= 11 is 0. The van der Waals surface area contributed by atoms with Gasteiger partial charge in [-0.3, -0.25) is 4.79 Å². The lowest BCUT2D eigenvalue weighted by molar-refractivity contribution is -0.684. The molecule has 1 aromatic carbocycles. The van der Waals surface area contributed by atoms with E-state index >= 15 is 0 Å². The van der Waals surface area contributed by atoms with E-state index < -0.39 is 10.0 Å². The Morgan fingerprint density at radius 3 is 2.26 bits per heavy atom. The van der Waals surface area contributed by atoms with Gasteiger partial charge in [0, 0.05) is 30.9 Å². The zero-order chi connectivity index (χ0) is 19.3. The van der Waals surface area contributed by atoms with Crippen molar-refractivity contribution in [2.24, 2.45) is 0 Å². The van der Waals surface area contributed by atoms with E-state index in [0.29, 0.717) is 18.8 Å². The number of nitrogens with zero attached hydrogens (tertiary/aromatic N) is 2. The van der Waals surface area contributed by atoms with Gasteiger partial charge in [0.05, 0.1) is 4.90 Å². The first-order valence-electron chi connectivity index (χ1n) is 9.37. The highest BCUT2D eigenvalue weighted by Crippen LogP contribution is 2.21. The fraction of sp³-hybridized carbons (Fsp3) is 0.400. The van der Waals surface area contributed by atoms with E-state index in [1.807, 2.05) is 29.1 Å². The van der Waals surface area contributed by atoms with Crippen molar-refractivity contribution < 1.29 is 17.8 Å². The molecule has 0 radical (unpaired) electrons. The minimum Gasteiger partial charge on any atom is -0.321 e. The van der Waals surface area contributed by atoms with Crippen molar-refractivity contribution in [1.29, 1.82) is 0 Å². The predicted octanol–water partition coefficient (Wildman–Crippen LogP) is 2.35. The van der Waals surface area contributed by atoms with E-state index in [4.69, 9.17) is 0 Å². The minimum absolute atomic E-state index is 0.157. The molecule has 144 valence electrons. The van der Waals surface area contributed by atoms with Gasteiger partial charge in [0.25, 0.3) is 5.91 Å². The molecule has 1 fully saturated rings. The lowest BCUT2D eigenvalue weighted by Crippen LogP contribution is -2.39. The van der Waals surface area contributed by atoms with E-state index in [1.54, 1.807) is 28.6 Å². The SMILES string of the molecule is CCc1cc[n+](CC(=O)Nc2ccc(S(=O)(=O)N3CCCCC3)cc2)cc1. The Labute approximate surface area is 160 Å². The molecule has 1 saturated heterocycles. The second kappa shape index (κ2) is 8.63. The molecule has 27 heavy (non-hydrogen) atoms. The van der Waals surface area contributed by atoms with Gasteiger partial charge in [0.15, 0.2) is 12.4 Å². The number of hydrogen-bond acceptors (Lipinski definition) is 3. The summed E-state index contributed by atoms with van der Waals surface area (Å²) in [7, 11) is -3.45. The maximum atomic E-state index is 12.6. The van der Waals surface area contributed by atoms with Crippen LogP contribution in [-0.4, -0.2) is 31.7 Å². The van der Waals surface area contributed by atoms with Gasteiger partial charge < -0.3 is 5.32 Å². The van der Waals surface area contributed by atoms with Crippen molar-refractivity contribution in [3.05, 3.63) is 54.4 Å². The molecule has 0 saturated carbocycles. The zero-order valence-electron chi connectivity index (χ0n) is 15.6. The average molecular weight is 389 g/mol. The van der Waals surface area contributed by atoms with Gasteiger partial charge in [0.1, 0.15) is 0 Å². The Morgan fingerprint density at radius 2 is 1.67 bits per heavy atom. The van der Waals surface area contributed by atoms with Crippen molar-refractivity contribution in [3.63, 3.8) is 0 Å². The standard InChI is InChI=1S/C20H25N3O3S/c1-2-17-10-14-22(15-11-17)16-20(24)21-18-6-8-19(9-7-18)27(25,26)23-12-4-3-5-13-23/h6-11,14-15H,2-5,12-13,16H2,1H3/p+1. The Hall–Kier alpha value is -2.25. The summed E-state index contributed by atoms with van der Waals surface area (Å²) in [5, 5.41) is 2.81. The van der Waals surface area contributed by atoms with Crippen molar-refractivity contribution in [2.75, 3.05) is 18.4 Å². The first-order chi connectivity index (χ1) is 13.0. The number of benzene rings is 1. The van der Waals surface area contributed by atoms with Crippen molar-refractivity contribution in [1.82, 2.24) is 4.31 Å². The van der Waals surface area contributed by atoms with Crippen molar-refractivity contribution in [3.8, 4) is 0 Å². The lowest BCUT2D eigenvalue weighted by Gasteiger charge is -2.25. The minimum atomic E-state index is -3.45. The van der Waals surface area contributed by atoms with Crippen LogP contribution in [0.1, 0.15) is 31.7 Å². The molecule has 0 spiro atoms. The van der Waals surface area contributed by atoms with Gasteiger partial charge in [-0.1, -0.05) is 13.3 Å². The summed E-state index contributed by atoms with van der Waals surface area (Å²) in [6.45, 7) is 3.45. The molecule has 0 unspecified atom stereocenters. The maximum Gasteiger partial charge on any atom is 0.290 e. The molecule has 0 bridgehead atoms. The molecule has 1 aliphatic rings. The molecule has 1 aliphatic heterocycles. The fourth-order valence-corrected chi connectivity index (χ4v) is 4.68. The average Bonchev–Trinajstić information content (AvgIpc) is 2.69. The molecule has 3 rings (SSSR count). The Morgan fingerprint density at radius 1 is 1.04 bits per heavy atom. The molecule has 0 aliphatic carbocycles. The number of hydrogen-bond donors (Lipinski definition) is 1. The summed E-state index contributed by atoms with van der Waals surface area (Å²) in [5.74, 6) is -0.157. The molecular formula is C20H26N3O3S+. The molecule has 6 nitrogen and oxygen atoms in total. The first-order valence-corrected chi connectivity index (χ1v) is 10.8. The number of sulfonamides is 1. The third-order valence-electron chi connectivity index (χ3n) is 4.79. The summed E-state index contributed by atoms with van der Waals surface area (Å²) in [6.07, 6.45) is 7.61. The van der Waals surface area contributed by atoms with Crippen LogP contribution in [0, 0.1) is 0 Å². The second-order valence-corrected chi connectivity index (χ2v) is 8.71. The summed E-state index contributed by atoms with van der Waals surface area (Å²) in [5.41, 5.74) is 1.81. The third-order valence-corrected chi connectivity index (χ3v) is 6.70. The largest absolute Gasteiger partial charge is 0.321 e. The van der Waals surface area contributed by atoms with Crippen LogP contribution in [0.25, 0.3) is 0 Å². The van der Waals surface area contributed by atoms with Crippen LogP contribution in [0.2, 0.25) is 0 Å². The van der Waals surface area contributed by atoms with E-state index in [2.05, 4.69) is 12.2 Å². The van der Waals surface area contributed by atoms with E-state index in [9.17, 15) is 13.2 Å². The highest BCUT2D eigenvalue weighted by Gasteiger charge is 2.25. The van der Waals surface area contributed by atoms with Crippen LogP contribution in [-0.2, 0) is 27.8 Å². The third kappa shape index (κ3) is 4.93. The van der Waals surface area contributed by atoms with Crippen molar-refractivity contribution >= 4 is 21.6 Å². The van der Waals surface area contributed by atoms with Crippen LogP contribution in [0.15, 0.2) is 53.7 Å². The van der Waals surface area contributed by atoms with Crippen molar-refractivity contribution in [2.45, 2.75) is 44.0 Å². The molecule has 7 heteroatoms. The number of amides is 1. The Kier molecular flexibility index (Phi) is 6.23. The molecule has 1 aromatic heterocycles. The van der Waals surface area contributed by atoms with E-state index in [0.717, 1.165) is 25.7 Å². The number of nitrogens with one attached hydrogen (secondary N) is 1. The molecule has 2 heterocycles. The van der Waals surface area contributed by atoms with Crippen LogP contribution >= 0.6 is 0 Å². The van der Waals surface area contributed by atoms with Crippen LogP contribution in [0.3, 0.4) is 0 Å². The fourth-order valence-electron chi connectivity index (χ4n) is 3.16. The number of piperidine rings is 1. The lowest BCUT2D eigenvalue weighted by atomic mass is 10.2. The van der Waals surface area contributed by atoms with E-state index in [1.165, 1.54) is 5.56 Å². The smallest absolute Gasteiger partial charge is 0.290 e. The van der Waals surface area contributed by atoms with Crippen LogP contribution in [0.5, 0.6) is 0 Å². The van der Waals surface area contributed by atoms with Gasteiger partial charge in [-0.2, -0.15) is 8.87 Å². The summed E-state index contributed by atoms with van der Waals surface area (Å²) in [6, 6.07) is 10.4. The highest BCUT2D eigenvalue weighted by molar-refractivity contribution is 7.89. The number of carbonyl (C=O) groups is 1. The number of pyridine rings is 1. The molecule has 1 N–H and O–H groups in total. The zero-order valence-corrected chi connectivity index (χ0v) is 16.4. The van der Waals surface area contributed by atoms with Gasteiger partial charge in [0.2, 0.25) is 16.6 Å². The predicted molar refractivity (Wildman–Crippen MR) is 104 cm³/mol. The molecular weight excluding hydrogens is 362 g/mol. The Balaban J connectivity index is 1.61. The topological polar surface area (TPSA) is 70.4 Å². The Bertz CT molecular complexity index is 872. The summed E-state index contributed by atoms with van der Waals surface area (Å²) < 4.78 is 28.7. The van der Waals surface area contributed by atoms with Gasteiger partial charge in [-0.15, -0.1) is 0 Å². The molecule has 0 atom stereocenters. The normalized spacial score (nSPS) is 15.4. The monoisotopic (exact) mass is 388 g/mol. The second-order valence-electron chi connectivity index (χ2n) is 6.77. The van der Waals surface area contributed by atoms with E-state index in [-0.39, 0.29) is 17.3 Å². The quantitative estimate of drug-likeness (QED) is 0.772. The van der Waals surface area contributed by atoms with Crippen LogP contribution < -0.4 is 9.88 Å². The maximum absolute atomic E-state index is 12.6.